The van der Waals surface area contributed by atoms with E-state index in [2.05, 4.69) is 5.32 Å². The first-order chi connectivity index (χ1) is 11.6. The summed E-state index contributed by atoms with van der Waals surface area (Å²) >= 11 is 1.37. The number of benzene rings is 2. The van der Waals surface area contributed by atoms with E-state index in [4.69, 9.17) is 4.74 Å². The van der Waals surface area contributed by atoms with Gasteiger partial charge >= 0.3 is 5.97 Å². The average Bonchev–Trinajstić information content (AvgIpc) is 2.93. The van der Waals surface area contributed by atoms with Crippen molar-refractivity contribution < 1.29 is 14.3 Å². The molecule has 1 N–H and O–H groups in total. The highest BCUT2D eigenvalue weighted by molar-refractivity contribution is 7.23. The summed E-state index contributed by atoms with van der Waals surface area (Å²) in [6.07, 6.45) is 0. The third-order valence-electron chi connectivity index (χ3n) is 3.62. The molecule has 0 fully saturated rings. The van der Waals surface area contributed by atoms with Gasteiger partial charge in [0, 0.05) is 15.6 Å². The molecule has 1 heterocycles. The molecule has 0 saturated carbocycles. The highest BCUT2D eigenvalue weighted by Crippen LogP contribution is 2.36. The molecule has 0 aliphatic carbocycles. The molecule has 5 heteroatoms. The first-order valence-electron chi connectivity index (χ1n) is 7.67. The van der Waals surface area contributed by atoms with E-state index in [1.54, 1.807) is 19.1 Å². The van der Waals surface area contributed by atoms with Gasteiger partial charge < -0.3 is 10.1 Å². The van der Waals surface area contributed by atoms with Gasteiger partial charge in [-0.3, -0.25) is 4.79 Å². The Morgan fingerprint density at radius 2 is 1.79 bits per heavy atom. The van der Waals surface area contributed by atoms with Gasteiger partial charge in [0.2, 0.25) is 0 Å². The number of thiophene rings is 1. The van der Waals surface area contributed by atoms with Crippen LogP contribution in [-0.2, 0) is 4.74 Å². The second-order valence-corrected chi connectivity index (χ2v) is 6.40. The van der Waals surface area contributed by atoms with Gasteiger partial charge in [-0.25, -0.2) is 4.79 Å². The molecular formula is C19H17NO3S. The van der Waals surface area contributed by atoms with Crippen molar-refractivity contribution in [2.75, 3.05) is 11.9 Å². The largest absolute Gasteiger partial charge is 0.462 e. The molecule has 0 aliphatic heterocycles. The minimum absolute atomic E-state index is 0.243. The van der Waals surface area contributed by atoms with Crippen LogP contribution in [0.15, 0.2) is 48.5 Å². The minimum Gasteiger partial charge on any atom is -0.462 e. The van der Waals surface area contributed by atoms with E-state index in [1.165, 1.54) is 11.3 Å². The maximum absolute atomic E-state index is 12.5. The van der Waals surface area contributed by atoms with Gasteiger partial charge in [-0.05, 0) is 32.0 Å². The Labute approximate surface area is 144 Å². The normalized spacial score (nSPS) is 10.6. The Morgan fingerprint density at radius 3 is 2.50 bits per heavy atom. The number of fused-ring (bicyclic) bond motifs is 1. The fraction of sp³-hybridized carbons (Fsp3) is 0.158. The number of hydrogen-bond acceptors (Lipinski definition) is 4. The Morgan fingerprint density at radius 1 is 1.08 bits per heavy atom. The highest BCUT2D eigenvalue weighted by atomic mass is 32.1. The molecule has 1 aromatic heterocycles. The molecule has 24 heavy (non-hydrogen) atoms. The van der Waals surface area contributed by atoms with Crippen molar-refractivity contribution in [3.63, 3.8) is 0 Å². The Kier molecular flexibility index (Phi) is 4.62. The van der Waals surface area contributed by atoms with E-state index in [0.29, 0.717) is 16.1 Å². The van der Waals surface area contributed by atoms with Crippen molar-refractivity contribution in [1.29, 1.82) is 0 Å². The van der Waals surface area contributed by atoms with Gasteiger partial charge in [0.25, 0.3) is 5.91 Å². The van der Waals surface area contributed by atoms with Crippen molar-refractivity contribution in [2.24, 2.45) is 0 Å². The lowest BCUT2D eigenvalue weighted by Gasteiger charge is -2.07. The summed E-state index contributed by atoms with van der Waals surface area (Å²) in [5, 5.41) is 4.16. The highest BCUT2D eigenvalue weighted by Gasteiger charge is 2.21. The van der Waals surface area contributed by atoms with Crippen LogP contribution in [0, 0.1) is 6.92 Å². The number of ether oxygens (including phenoxy) is 1. The second kappa shape index (κ2) is 6.84. The Hall–Kier alpha value is -2.66. The first-order valence-corrected chi connectivity index (χ1v) is 8.48. The number of esters is 1. The predicted octanol–water partition coefficient (Wildman–Crippen LogP) is 4.64. The Balaban J connectivity index is 1.99. The van der Waals surface area contributed by atoms with Crippen molar-refractivity contribution in [2.45, 2.75) is 13.8 Å². The van der Waals surface area contributed by atoms with E-state index in [9.17, 15) is 9.59 Å². The number of amides is 1. The van der Waals surface area contributed by atoms with Crippen LogP contribution in [0.3, 0.4) is 0 Å². The summed E-state index contributed by atoms with van der Waals surface area (Å²) < 4.78 is 6.08. The molecule has 0 spiro atoms. The minimum atomic E-state index is -0.422. The van der Waals surface area contributed by atoms with E-state index >= 15 is 0 Å². The lowest BCUT2D eigenvalue weighted by Crippen LogP contribution is -2.14. The molecule has 0 bridgehead atoms. The van der Waals surface area contributed by atoms with Crippen molar-refractivity contribution in [3.8, 4) is 0 Å². The lowest BCUT2D eigenvalue weighted by atomic mass is 10.1. The molecule has 3 rings (SSSR count). The summed E-state index contributed by atoms with van der Waals surface area (Å²) in [5.74, 6) is -0.665. The van der Waals surface area contributed by atoms with Gasteiger partial charge in [-0.2, -0.15) is 0 Å². The maximum Gasteiger partial charge on any atom is 0.341 e. The molecule has 4 nitrogen and oxygen atoms in total. The summed E-state index contributed by atoms with van der Waals surface area (Å²) in [7, 11) is 0. The quantitative estimate of drug-likeness (QED) is 0.705. The fourth-order valence-electron chi connectivity index (χ4n) is 2.42. The summed E-state index contributed by atoms with van der Waals surface area (Å²) in [4.78, 5) is 24.8. The molecule has 0 aliphatic rings. The predicted molar refractivity (Wildman–Crippen MR) is 96.9 cm³/mol. The van der Waals surface area contributed by atoms with Crippen LogP contribution < -0.4 is 5.32 Å². The monoisotopic (exact) mass is 339 g/mol. The standard InChI is InChI=1S/C19H17NO3S/c1-3-23-19(22)16-14-6-4-5-7-15(14)24-18(16)20-17(21)13-10-8-12(2)9-11-13/h4-11H,3H2,1-2H3,(H,20,21). The van der Waals surface area contributed by atoms with Crippen LogP contribution in [-0.4, -0.2) is 18.5 Å². The zero-order valence-electron chi connectivity index (χ0n) is 13.5. The van der Waals surface area contributed by atoms with E-state index in [-0.39, 0.29) is 12.5 Å². The van der Waals surface area contributed by atoms with E-state index < -0.39 is 5.97 Å². The van der Waals surface area contributed by atoms with Crippen LogP contribution in [0.4, 0.5) is 5.00 Å². The Bertz CT molecular complexity index is 897. The first kappa shape index (κ1) is 16.2. The average molecular weight is 339 g/mol. The van der Waals surface area contributed by atoms with Gasteiger partial charge in [-0.15, -0.1) is 11.3 Å². The van der Waals surface area contributed by atoms with Gasteiger partial charge in [0.15, 0.2) is 0 Å². The number of rotatable bonds is 4. The zero-order valence-corrected chi connectivity index (χ0v) is 14.3. The van der Waals surface area contributed by atoms with Crippen LogP contribution in [0.2, 0.25) is 0 Å². The molecule has 0 unspecified atom stereocenters. The molecular weight excluding hydrogens is 322 g/mol. The lowest BCUT2D eigenvalue weighted by molar-refractivity contribution is 0.0530. The number of carbonyl (C=O) groups is 2. The van der Waals surface area contributed by atoms with Crippen LogP contribution in [0.1, 0.15) is 33.2 Å². The molecule has 122 valence electrons. The zero-order chi connectivity index (χ0) is 17.1. The van der Waals surface area contributed by atoms with Crippen molar-refractivity contribution in [3.05, 3.63) is 65.2 Å². The molecule has 0 saturated heterocycles. The molecule has 3 aromatic rings. The molecule has 2 aromatic carbocycles. The fourth-order valence-corrected chi connectivity index (χ4v) is 3.51. The van der Waals surface area contributed by atoms with Gasteiger partial charge in [-0.1, -0.05) is 35.9 Å². The number of aryl methyl sites for hydroxylation is 1. The number of nitrogens with one attached hydrogen (secondary N) is 1. The van der Waals surface area contributed by atoms with Gasteiger partial charge in [0.05, 0.1) is 6.61 Å². The van der Waals surface area contributed by atoms with Crippen LogP contribution in [0.25, 0.3) is 10.1 Å². The van der Waals surface area contributed by atoms with Crippen molar-refractivity contribution in [1.82, 2.24) is 0 Å². The third kappa shape index (κ3) is 3.16. The number of carbonyl (C=O) groups excluding carboxylic acids is 2. The maximum atomic E-state index is 12.5. The topological polar surface area (TPSA) is 55.4 Å². The number of hydrogen-bond donors (Lipinski definition) is 1. The van der Waals surface area contributed by atoms with E-state index in [0.717, 1.165) is 15.6 Å². The third-order valence-corrected chi connectivity index (χ3v) is 4.70. The van der Waals surface area contributed by atoms with Crippen LogP contribution in [0.5, 0.6) is 0 Å². The SMILES string of the molecule is CCOC(=O)c1c(NC(=O)c2ccc(C)cc2)sc2ccccc12. The summed E-state index contributed by atoms with van der Waals surface area (Å²) in [5.41, 5.74) is 2.05. The molecule has 1 amide bonds. The summed E-state index contributed by atoms with van der Waals surface area (Å²) in [6.45, 7) is 4.01. The van der Waals surface area contributed by atoms with Crippen molar-refractivity contribution >= 4 is 38.3 Å². The van der Waals surface area contributed by atoms with E-state index in [1.807, 2.05) is 43.3 Å². The molecule has 0 atom stereocenters. The molecule has 0 radical (unpaired) electrons. The van der Waals surface area contributed by atoms with Crippen LogP contribution >= 0.6 is 11.3 Å². The second-order valence-electron chi connectivity index (χ2n) is 5.34. The summed E-state index contributed by atoms with van der Waals surface area (Å²) in [6, 6.07) is 14.8. The van der Waals surface area contributed by atoms with Gasteiger partial charge in [0.1, 0.15) is 10.6 Å². The number of anilines is 1. The smallest absolute Gasteiger partial charge is 0.341 e.